The maximum absolute atomic E-state index is 16.1. The number of imidazole rings is 1. The van der Waals surface area contributed by atoms with Crippen molar-refractivity contribution >= 4 is 39.3 Å². The summed E-state index contributed by atoms with van der Waals surface area (Å²) in [6.45, 7) is 9.10. The summed E-state index contributed by atoms with van der Waals surface area (Å²) in [5, 5.41) is 10.5. The van der Waals surface area contributed by atoms with Crippen LogP contribution < -0.4 is 10.2 Å². The van der Waals surface area contributed by atoms with Crippen LogP contribution in [0.5, 0.6) is 0 Å². The summed E-state index contributed by atoms with van der Waals surface area (Å²) in [6.07, 6.45) is 4.89. The zero-order valence-electron chi connectivity index (χ0n) is 22.3. The van der Waals surface area contributed by atoms with E-state index in [2.05, 4.69) is 47.3 Å². The molecule has 1 fully saturated rings. The number of halogens is 1. The van der Waals surface area contributed by atoms with Crippen LogP contribution in [0, 0.1) is 11.2 Å². The Labute approximate surface area is 224 Å². The number of hydrogen-bond donors (Lipinski definition) is 3. The van der Waals surface area contributed by atoms with Crippen molar-refractivity contribution in [2.45, 2.75) is 20.8 Å². The quantitative estimate of drug-likeness (QED) is 0.316. The number of carbonyl (C=O) groups excluding carboxylic acids is 1. The van der Waals surface area contributed by atoms with E-state index in [0.29, 0.717) is 39.2 Å². The van der Waals surface area contributed by atoms with Gasteiger partial charge in [-0.25, -0.2) is 14.4 Å². The molecule has 0 radical (unpaired) electrons. The van der Waals surface area contributed by atoms with E-state index >= 15 is 4.39 Å². The van der Waals surface area contributed by atoms with Crippen LogP contribution in [0.1, 0.15) is 20.8 Å². The summed E-state index contributed by atoms with van der Waals surface area (Å²) >= 11 is 0. The molecule has 1 aliphatic heterocycles. The number of nitrogens with zero attached hydrogens (tertiary/aromatic N) is 6. The van der Waals surface area contributed by atoms with Crippen molar-refractivity contribution in [1.82, 2.24) is 35.0 Å². The first-order chi connectivity index (χ1) is 18.7. The fourth-order valence-corrected chi connectivity index (χ4v) is 4.72. The third-order valence-corrected chi connectivity index (χ3v) is 7.06. The van der Waals surface area contributed by atoms with E-state index in [-0.39, 0.29) is 5.91 Å². The van der Waals surface area contributed by atoms with E-state index in [1.165, 1.54) is 0 Å². The number of carbonyl (C=O) groups is 1. The van der Waals surface area contributed by atoms with Gasteiger partial charge in [0.25, 0.3) is 0 Å². The number of piperazine rings is 1. The van der Waals surface area contributed by atoms with Gasteiger partial charge < -0.3 is 20.1 Å². The largest absolute Gasteiger partial charge is 0.352 e. The Morgan fingerprint density at radius 1 is 1.08 bits per heavy atom. The molecule has 0 atom stereocenters. The third kappa shape index (κ3) is 4.59. The number of pyridine rings is 2. The Balaban J connectivity index is 1.39. The minimum Gasteiger partial charge on any atom is -0.352 e. The Morgan fingerprint density at radius 3 is 2.64 bits per heavy atom. The molecule has 1 saturated heterocycles. The molecule has 5 heterocycles. The van der Waals surface area contributed by atoms with Crippen molar-refractivity contribution in [2.75, 3.05) is 43.4 Å². The van der Waals surface area contributed by atoms with Crippen LogP contribution in [0.25, 0.3) is 44.6 Å². The lowest BCUT2D eigenvalue weighted by molar-refractivity contribution is -0.123. The average Bonchev–Trinajstić information content (AvgIpc) is 3.54. The van der Waals surface area contributed by atoms with Crippen molar-refractivity contribution < 1.29 is 9.18 Å². The summed E-state index contributed by atoms with van der Waals surface area (Å²) in [7, 11) is 2.11. The lowest BCUT2D eigenvalue weighted by atomic mass is 9.95. The number of anilines is 2. The van der Waals surface area contributed by atoms with E-state index in [1.54, 1.807) is 36.8 Å². The normalized spacial score (nSPS) is 14.8. The van der Waals surface area contributed by atoms with Gasteiger partial charge in [0.15, 0.2) is 11.6 Å². The Kier molecular flexibility index (Phi) is 6.02. The Morgan fingerprint density at radius 2 is 1.87 bits per heavy atom. The molecule has 0 unspecified atom stereocenters. The summed E-state index contributed by atoms with van der Waals surface area (Å²) in [4.78, 5) is 34.0. The van der Waals surface area contributed by atoms with Crippen LogP contribution in [-0.4, -0.2) is 74.2 Å². The lowest BCUT2D eigenvalue weighted by Gasteiger charge is -2.33. The smallest absolute Gasteiger partial charge is 0.229 e. The van der Waals surface area contributed by atoms with Gasteiger partial charge in [0.2, 0.25) is 5.91 Å². The Hall–Kier alpha value is -4.38. The van der Waals surface area contributed by atoms with E-state index < -0.39 is 11.2 Å². The van der Waals surface area contributed by atoms with Crippen molar-refractivity contribution in [1.29, 1.82) is 0 Å². The number of aromatic amines is 2. The molecule has 5 aromatic rings. The standard InChI is InChI=1S/C28H30FN9O/c1-28(2,3)27(39)32-17-13-16(14-30-15-17)18-5-6-19-21(22(18)29)24(36-35-19)25-33-20-7-8-31-26(23(20)34-25)38-11-9-37(4)10-12-38/h5-8,13-15H,9-12H2,1-4H3,(H,32,39)(H,33,34)(H,35,36). The molecule has 3 N–H and O–H groups in total. The van der Waals surface area contributed by atoms with Crippen LogP contribution in [0.3, 0.4) is 0 Å². The molecule has 10 nitrogen and oxygen atoms in total. The highest BCUT2D eigenvalue weighted by atomic mass is 19.1. The van der Waals surface area contributed by atoms with E-state index in [9.17, 15) is 4.79 Å². The molecule has 1 aliphatic rings. The predicted octanol–water partition coefficient (Wildman–Crippen LogP) is 4.44. The van der Waals surface area contributed by atoms with Gasteiger partial charge in [-0.3, -0.25) is 14.9 Å². The molecular weight excluding hydrogens is 497 g/mol. The molecule has 1 aromatic carbocycles. The highest BCUT2D eigenvalue weighted by Crippen LogP contribution is 2.35. The molecule has 0 aliphatic carbocycles. The number of likely N-dealkylation sites (N-methyl/N-ethyl adjacent to an activating group) is 1. The molecule has 11 heteroatoms. The number of fused-ring (bicyclic) bond motifs is 2. The number of aromatic nitrogens is 6. The van der Waals surface area contributed by atoms with E-state index in [0.717, 1.165) is 43.0 Å². The molecule has 39 heavy (non-hydrogen) atoms. The van der Waals surface area contributed by atoms with Gasteiger partial charge in [0, 0.05) is 55.1 Å². The van der Waals surface area contributed by atoms with Gasteiger partial charge in [-0.05, 0) is 31.3 Å². The summed E-state index contributed by atoms with van der Waals surface area (Å²) < 4.78 is 16.1. The fraction of sp³-hybridized carbons (Fsp3) is 0.321. The number of H-pyrrole nitrogens is 2. The van der Waals surface area contributed by atoms with E-state index in [1.807, 2.05) is 26.8 Å². The highest BCUT2D eigenvalue weighted by Gasteiger charge is 2.24. The highest BCUT2D eigenvalue weighted by molar-refractivity contribution is 5.98. The maximum Gasteiger partial charge on any atom is 0.229 e. The number of amides is 1. The second-order valence-corrected chi connectivity index (χ2v) is 11.0. The first kappa shape index (κ1) is 24.9. The van der Waals surface area contributed by atoms with Crippen LogP contribution in [0.2, 0.25) is 0 Å². The van der Waals surface area contributed by atoms with Gasteiger partial charge in [-0.1, -0.05) is 20.8 Å². The number of nitrogens with one attached hydrogen (secondary N) is 3. The minimum absolute atomic E-state index is 0.148. The number of benzene rings is 1. The topological polar surface area (TPSA) is 119 Å². The van der Waals surface area contributed by atoms with Gasteiger partial charge in [-0.2, -0.15) is 5.10 Å². The summed E-state index contributed by atoms with van der Waals surface area (Å²) in [6, 6.07) is 7.05. The zero-order chi connectivity index (χ0) is 27.3. The molecule has 200 valence electrons. The number of hydrogen-bond acceptors (Lipinski definition) is 7. The van der Waals surface area contributed by atoms with Gasteiger partial charge in [0.05, 0.1) is 28.3 Å². The van der Waals surface area contributed by atoms with Crippen molar-refractivity contribution in [3.05, 3.63) is 48.7 Å². The SMILES string of the molecule is CN1CCN(c2nccc3[nH]c(-c4n[nH]c5ccc(-c6cncc(NC(=O)C(C)(C)C)c6)c(F)c45)nc23)CC1. The molecule has 1 amide bonds. The lowest BCUT2D eigenvalue weighted by Crippen LogP contribution is -2.44. The van der Waals surface area contributed by atoms with Gasteiger partial charge in [-0.15, -0.1) is 0 Å². The van der Waals surface area contributed by atoms with E-state index in [4.69, 9.17) is 4.98 Å². The first-order valence-corrected chi connectivity index (χ1v) is 12.9. The summed E-state index contributed by atoms with van der Waals surface area (Å²) in [5.41, 5.74) is 3.30. The van der Waals surface area contributed by atoms with Crippen molar-refractivity contribution in [2.24, 2.45) is 5.41 Å². The third-order valence-electron chi connectivity index (χ3n) is 7.06. The second-order valence-electron chi connectivity index (χ2n) is 11.0. The first-order valence-electron chi connectivity index (χ1n) is 12.9. The molecule has 4 aromatic heterocycles. The molecular formula is C28H30FN9O. The summed E-state index contributed by atoms with van der Waals surface area (Å²) in [5.74, 6) is 0.671. The molecule has 0 bridgehead atoms. The van der Waals surface area contributed by atoms with Crippen LogP contribution in [-0.2, 0) is 4.79 Å². The molecule has 6 rings (SSSR count). The van der Waals surface area contributed by atoms with Crippen LogP contribution in [0.4, 0.5) is 15.9 Å². The predicted molar refractivity (Wildman–Crippen MR) is 150 cm³/mol. The minimum atomic E-state index is -0.571. The van der Waals surface area contributed by atoms with Crippen LogP contribution in [0.15, 0.2) is 42.9 Å². The monoisotopic (exact) mass is 527 g/mol. The number of rotatable bonds is 4. The van der Waals surface area contributed by atoms with Crippen LogP contribution >= 0.6 is 0 Å². The molecule has 0 spiro atoms. The average molecular weight is 528 g/mol. The fourth-order valence-electron chi connectivity index (χ4n) is 4.72. The maximum atomic E-state index is 16.1. The van der Waals surface area contributed by atoms with Crippen molar-refractivity contribution in [3.8, 4) is 22.6 Å². The van der Waals surface area contributed by atoms with Gasteiger partial charge in [0.1, 0.15) is 17.0 Å². The Bertz CT molecular complexity index is 1690. The zero-order valence-corrected chi connectivity index (χ0v) is 22.3. The van der Waals surface area contributed by atoms with Gasteiger partial charge >= 0.3 is 0 Å². The molecule has 0 saturated carbocycles. The second kappa shape index (κ2) is 9.42. The van der Waals surface area contributed by atoms with Crippen molar-refractivity contribution in [3.63, 3.8) is 0 Å².